The van der Waals surface area contributed by atoms with Crippen LogP contribution in [0.5, 0.6) is 17.2 Å². The third-order valence-corrected chi connectivity index (χ3v) is 4.71. The van der Waals surface area contributed by atoms with Crippen molar-refractivity contribution in [2.45, 2.75) is 0 Å². The van der Waals surface area contributed by atoms with Gasteiger partial charge in [-0.25, -0.2) is 4.98 Å². The van der Waals surface area contributed by atoms with Gasteiger partial charge >= 0.3 is 0 Å². The molecule has 0 fully saturated rings. The van der Waals surface area contributed by atoms with E-state index in [0.29, 0.717) is 41.1 Å². The van der Waals surface area contributed by atoms with Gasteiger partial charge in [0.15, 0.2) is 16.6 Å². The predicted octanol–water partition coefficient (Wildman–Crippen LogP) is 3.24. The molecule has 30 heavy (non-hydrogen) atoms. The second kappa shape index (κ2) is 8.71. The molecule has 4 rings (SSSR count). The van der Waals surface area contributed by atoms with E-state index < -0.39 is 0 Å². The van der Waals surface area contributed by atoms with Gasteiger partial charge in [-0.2, -0.15) is 5.26 Å². The van der Waals surface area contributed by atoms with Crippen molar-refractivity contribution in [3.05, 3.63) is 48.0 Å². The fraction of sp³-hybridized carbons (Fsp3) is 0.190. The molecule has 152 valence electrons. The minimum Gasteiger partial charge on any atom is -0.497 e. The minimum absolute atomic E-state index is 0.192. The number of thiocarbonyl (C=S) groups is 1. The normalized spacial score (nSPS) is 11.6. The van der Waals surface area contributed by atoms with Crippen LogP contribution in [0, 0.1) is 11.3 Å². The highest BCUT2D eigenvalue weighted by atomic mass is 32.1. The summed E-state index contributed by atoms with van der Waals surface area (Å²) in [6.45, 7) is 1.26. The summed E-state index contributed by atoms with van der Waals surface area (Å²) >= 11 is 5.32. The van der Waals surface area contributed by atoms with E-state index in [1.54, 1.807) is 13.2 Å². The van der Waals surface area contributed by atoms with Gasteiger partial charge in [-0.1, -0.05) is 6.07 Å². The molecule has 9 heteroatoms. The average Bonchev–Trinajstić information content (AvgIpc) is 3.21. The largest absolute Gasteiger partial charge is 0.497 e. The summed E-state index contributed by atoms with van der Waals surface area (Å²) < 4.78 is 16.0. The quantitative estimate of drug-likeness (QED) is 0.409. The second-order valence-corrected chi connectivity index (χ2v) is 6.84. The molecule has 0 atom stereocenters. The molecule has 0 spiro atoms. The number of methoxy groups -OCH3 is 1. The summed E-state index contributed by atoms with van der Waals surface area (Å²) in [4.78, 5) is 4.57. The maximum atomic E-state index is 9.48. The lowest BCUT2D eigenvalue weighted by Crippen LogP contribution is -2.32. The first-order valence-electron chi connectivity index (χ1n) is 9.23. The van der Waals surface area contributed by atoms with Crippen molar-refractivity contribution in [2.75, 3.05) is 37.6 Å². The van der Waals surface area contributed by atoms with E-state index >= 15 is 0 Å². The molecule has 1 aliphatic rings. The zero-order chi connectivity index (χ0) is 20.9. The number of aromatic nitrogens is 1. The smallest absolute Gasteiger partial charge is 0.231 e. The second-order valence-electron chi connectivity index (χ2n) is 6.43. The first kappa shape index (κ1) is 19.5. The molecule has 8 nitrogen and oxygen atoms in total. The summed E-state index contributed by atoms with van der Waals surface area (Å²) in [6.07, 6.45) is 0. The van der Waals surface area contributed by atoms with E-state index in [1.165, 1.54) is 0 Å². The van der Waals surface area contributed by atoms with Crippen LogP contribution in [-0.2, 0) is 0 Å². The van der Waals surface area contributed by atoms with Crippen molar-refractivity contribution in [3.63, 3.8) is 0 Å². The molecule has 1 aliphatic heterocycles. The van der Waals surface area contributed by atoms with E-state index in [1.807, 2.05) is 36.4 Å². The summed E-state index contributed by atoms with van der Waals surface area (Å²) in [7, 11) is 1.62. The third-order valence-electron chi connectivity index (χ3n) is 4.46. The van der Waals surface area contributed by atoms with E-state index in [4.69, 9.17) is 26.4 Å². The summed E-state index contributed by atoms with van der Waals surface area (Å²) in [5.74, 6) is 2.58. The highest BCUT2D eigenvalue weighted by Crippen LogP contribution is 2.36. The number of pyridine rings is 1. The number of nitrogens with one attached hydrogen (secondary N) is 3. The van der Waals surface area contributed by atoms with Gasteiger partial charge in [-0.15, -0.1) is 0 Å². The molecule has 0 bridgehead atoms. The lowest BCUT2D eigenvalue weighted by molar-refractivity contribution is 0.174. The van der Waals surface area contributed by atoms with Crippen molar-refractivity contribution in [2.24, 2.45) is 0 Å². The van der Waals surface area contributed by atoms with E-state index in [-0.39, 0.29) is 6.79 Å². The van der Waals surface area contributed by atoms with Gasteiger partial charge in [0.1, 0.15) is 17.6 Å². The Morgan fingerprint density at radius 3 is 2.83 bits per heavy atom. The Bertz CT molecular complexity index is 1150. The molecule has 0 radical (unpaired) electrons. The Hall–Kier alpha value is -3.77. The van der Waals surface area contributed by atoms with Crippen molar-refractivity contribution in [1.29, 1.82) is 5.26 Å². The first-order valence-corrected chi connectivity index (χ1v) is 9.64. The Labute approximate surface area is 178 Å². The van der Waals surface area contributed by atoms with Crippen molar-refractivity contribution in [3.8, 4) is 23.3 Å². The fourth-order valence-electron chi connectivity index (χ4n) is 3.02. The van der Waals surface area contributed by atoms with E-state index in [2.05, 4.69) is 27.0 Å². The van der Waals surface area contributed by atoms with Gasteiger partial charge in [0.25, 0.3) is 0 Å². The molecule has 2 aromatic carbocycles. The molecule has 2 heterocycles. The number of rotatable bonds is 6. The number of nitriles is 1. The van der Waals surface area contributed by atoms with Crippen LogP contribution in [0.4, 0.5) is 11.5 Å². The predicted molar refractivity (Wildman–Crippen MR) is 118 cm³/mol. The standard InChI is InChI=1S/C21H19N5O3S/c1-27-16-4-2-3-15(9-16)25-21(30)24-6-5-23-20-14(11-22)7-13-8-18-19(29-12-28-18)10-17(13)26-20/h2-4,7-10H,5-6,12H2,1H3,(H,23,26)(H2,24,25,30). The molecule has 3 N–H and O–H groups in total. The maximum Gasteiger partial charge on any atom is 0.231 e. The molecular formula is C21H19N5O3S. The zero-order valence-electron chi connectivity index (χ0n) is 16.2. The maximum absolute atomic E-state index is 9.48. The highest BCUT2D eigenvalue weighted by molar-refractivity contribution is 7.80. The van der Waals surface area contributed by atoms with Crippen LogP contribution >= 0.6 is 12.2 Å². The highest BCUT2D eigenvalue weighted by Gasteiger charge is 2.16. The van der Waals surface area contributed by atoms with Crippen molar-refractivity contribution >= 4 is 39.7 Å². The van der Waals surface area contributed by atoms with Crippen LogP contribution in [0.25, 0.3) is 10.9 Å². The molecule has 0 saturated heterocycles. The molecule has 1 aromatic heterocycles. The van der Waals surface area contributed by atoms with Gasteiger partial charge in [0, 0.05) is 36.3 Å². The monoisotopic (exact) mass is 421 g/mol. The topological polar surface area (TPSA) is 100 Å². The van der Waals surface area contributed by atoms with Gasteiger partial charge < -0.3 is 30.2 Å². The summed E-state index contributed by atoms with van der Waals surface area (Å²) in [5.41, 5.74) is 2.02. The number of benzene rings is 2. The van der Waals surface area contributed by atoms with E-state index in [0.717, 1.165) is 22.3 Å². The number of nitrogens with zero attached hydrogens (tertiary/aromatic N) is 2. The Morgan fingerprint density at radius 2 is 2.03 bits per heavy atom. The van der Waals surface area contributed by atoms with Crippen LogP contribution in [0.3, 0.4) is 0 Å². The molecule has 0 unspecified atom stereocenters. The van der Waals surface area contributed by atoms with Gasteiger partial charge in [0.2, 0.25) is 6.79 Å². The van der Waals surface area contributed by atoms with Gasteiger partial charge in [-0.05, 0) is 36.5 Å². The third kappa shape index (κ3) is 4.29. The summed E-state index contributed by atoms with van der Waals surface area (Å²) in [6, 6.07) is 15.1. The van der Waals surface area contributed by atoms with Gasteiger partial charge in [0.05, 0.1) is 18.2 Å². The van der Waals surface area contributed by atoms with E-state index in [9.17, 15) is 5.26 Å². The SMILES string of the molecule is COc1cccc(NC(=S)NCCNc2nc3cc4c(cc3cc2C#N)OCO4)c1. The Balaban J connectivity index is 1.35. The van der Waals surface area contributed by atoms with Crippen LogP contribution in [-0.4, -0.2) is 37.1 Å². The number of hydrogen-bond donors (Lipinski definition) is 3. The number of ether oxygens (including phenoxy) is 3. The lowest BCUT2D eigenvalue weighted by atomic mass is 10.1. The van der Waals surface area contributed by atoms with Gasteiger partial charge in [-0.3, -0.25) is 0 Å². The van der Waals surface area contributed by atoms with Crippen molar-refractivity contribution in [1.82, 2.24) is 10.3 Å². The molecule has 3 aromatic rings. The van der Waals surface area contributed by atoms with Crippen LogP contribution < -0.4 is 30.2 Å². The Kier molecular flexibility index (Phi) is 5.68. The molecule has 0 amide bonds. The molecule has 0 aliphatic carbocycles. The fourth-order valence-corrected chi connectivity index (χ4v) is 3.24. The van der Waals surface area contributed by atoms with Crippen LogP contribution in [0.2, 0.25) is 0 Å². The minimum atomic E-state index is 0.192. The number of anilines is 2. The first-order chi connectivity index (χ1) is 14.7. The van der Waals surface area contributed by atoms with Crippen LogP contribution in [0.1, 0.15) is 5.56 Å². The zero-order valence-corrected chi connectivity index (χ0v) is 17.0. The number of hydrogen-bond acceptors (Lipinski definition) is 7. The van der Waals surface area contributed by atoms with Crippen molar-refractivity contribution < 1.29 is 14.2 Å². The average molecular weight is 421 g/mol. The summed E-state index contributed by atoms with van der Waals surface area (Å²) in [5, 5.41) is 20.2. The molecular weight excluding hydrogens is 402 g/mol. The van der Waals surface area contributed by atoms with Crippen LogP contribution in [0.15, 0.2) is 42.5 Å². The number of fused-ring (bicyclic) bond motifs is 2. The molecule has 0 saturated carbocycles. The Morgan fingerprint density at radius 1 is 1.20 bits per heavy atom. The lowest BCUT2D eigenvalue weighted by Gasteiger charge is -2.13.